The summed E-state index contributed by atoms with van der Waals surface area (Å²) in [5.41, 5.74) is -0.232. The minimum Gasteiger partial charge on any atom is -0.428 e. The number of halogens is 6. The van der Waals surface area contributed by atoms with Crippen LogP contribution in [-0.4, -0.2) is 50.0 Å². The molecule has 130 valence electrons. The molecule has 1 heterocycles. The van der Waals surface area contributed by atoms with Gasteiger partial charge in [-0.15, -0.1) is 0 Å². The summed E-state index contributed by atoms with van der Waals surface area (Å²) in [4.78, 5) is 1.42. The van der Waals surface area contributed by atoms with Crippen LogP contribution in [0.1, 0.15) is 11.6 Å². The van der Waals surface area contributed by atoms with Gasteiger partial charge in [-0.1, -0.05) is 18.2 Å². The average Bonchev–Trinajstić information content (AvgIpc) is 2.49. The molecule has 0 aromatic heterocycles. The molecule has 0 aliphatic carbocycles. The molecule has 0 spiro atoms. The van der Waals surface area contributed by atoms with E-state index in [-0.39, 0.29) is 18.7 Å². The number of nitrogens with zero attached hydrogens (tertiary/aromatic N) is 1. The molecule has 0 unspecified atom stereocenters. The monoisotopic (exact) mass is 342 g/mol. The molecule has 1 aliphatic heterocycles. The van der Waals surface area contributed by atoms with Gasteiger partial charge in [-0.3, -0.25) is 4.90 Å². The summed E-state index contributed by atoms with van der Waals surface area (Å²) < 4.78 is 81.9. The van der Waals surface area contributed by atoms with Gasteiger partial charge < -0.3 is 10.1 Å². The second-order valence-corrected chi connectivity index (χ2v) is 5.07. The third-order valence-electron chi connectivity index (χ3n) is 3.52. The zero-order chi connectivity index (χ0) is 17.0. The van der Waals surface area contributed by atoms with Crippen LogP contribution in [0.15, 0.2) is 24.3 Å². The van der Waals surface area contributed by atoms with E-state index < -0.39 is 30.8 Å². The van der Waals surface area contributed by atoms with E-state index in [0.717, 1.165) is 6.07 Å². The Bertz CT molecular complexity index is 508. The number of rotatable bonds is 6. The third kappa shape index (κ3) is 4.29. The van der Waals surface area contributed by atoms with E-state index in [1.807, 2.05) is 0 Å². The molecule has 23 heavy (non-hydrogen) atoms. The van der Waals surface area contributed by atoms with Crippen molar-refractivity contribution < 1.29 is 31.1 Å². The highest BCUT2D eigenvalue weighted by atomic mass is 19.3. The van der Waals surface area contributed by atoms with E-state index in [1.54, 1.807) is 0 Å². The van der Waals surface area contributed by atoms with Crippen LogP contribution in [0.4, 0.5) is 26.3 Å². The van der Waals surface area contributed by atoms with Crippen molar-refractivity contribution in [1.29, 1.82) is 0 Å². The highest BCUT2D eigenvalue weighted by Crippen LogP contribution is 2.37. The predicted molar refractivity (Wildman–Crippen MR) is 71.2 cm³/mol. The Hall–Kier alpha value is -1.48. The Morgan fingerprint density at radius 1 is 1.04 bits per heavy atom. The van der Waals surface area contributed by atoms with Crippen molar-refractivity contribution in [2.24, 2.45) is 0 Å². The predicted octanol–water partition coefficient (Wildman–Crippen LogP) is 3.13. The summed E-state index contributed by atoms with van der Waals surface area (Å²) in [7, 11) is 0. The lowest BCUT2D eigenvalue weighted by Crippen LogP contribution is -2.47. The van der Waals surface area contributed by atoms with Crippen molar-refractivity contribution >= 4 is 0 Å². The van der Waals surface area contributed by atoms with Crippen molar-refractivity contribution in [1.82, 2.24) is 10.2 Å². The fraction of sp³-hybridized carbons (Fsp3) is 0.571. The molecule has 0 amide bonds. The van der Waals surface area contributed by atoms with Crippen LogP contribution in [-0.2, 0) is 0 Å². The van der Waals surface area contributed by atoms with E-state index >= 15 is 0 Å². The molecule has 1 atom stereocenters. The normalized spacial score (nSPS) is 18.4. The van der Waals surface area contributed by atoms with Crippen LogP contribution in [0.5, 0.6) is 5.75 Å². The molecule has 2 rings (SSSR count). The number of para-hydroxylation sites is 1. The Kier molecular flexibility index (Phi) is 5.74. The molecular weight excluding hydrogens is 326 g/mol. The van der Waals surface area contributed by atoms with Crippen molar-refractivity contribution in [2.45, 2.75) is 25.0 Å². The molecule has 9 heteroatoms. The van der Waals surface area contributed by atoms with Crippen LogP contribution in [0.2, 0.25) is 0 Å². The highest BCUT2D eigenvalue weighted by molar-refractivity contribution is 5.37. The third-order valence-corrected chi connectivity index (χ3v) is 3.52. The summed E-state index contributed by atoms with van der Waals surface area (Å²) in [6.07, 6.45) is -11.7. The summed E-state index contributed by atoms with van der Waals surface area (Å²) in [5.74, 6) is -0.665. The molecule has 0 radical (unpaired) electrons. The van der Waals surface area contributed by atoms with Gasteiger partial charge in [0.15, 0.2) is 0 Å². The number of benzene rings is 1. The van der Waals surface area contributed by atoms with E-state index in [9.17, 15) is 26.3 Å². The molecule has 0 saturated carbocycles. The second-order valence-electron chi connectivity index (χ2n) is 5.07. The van der Waals surface area contributed by atoms with E-state index in [4.69, 9.17) is 0 Å². The van der Waals surface area contributed by atoms with Gasteiger partial charge in [-0.05, 0) is 6.07 Å². The Morgan fingerprint density at radius 3 is 2.22 bits per heavy atom. The van der Waals surface area contributed by atoms with Crippen LogP contribution >= 0.6 is 0 Å². The molecule has 1 fully saturated rings. The SMILES string of the molecule is FC(F)[C@@H](c1ccccc1OC(F)(F)C(F)F)N1CCNCC1. The van der Waals surface area contributed by atoms with Crippen LogP contribution < -0.4 is 10.1 Å². The molecule has 1 aromatic rings. The minimum atomic E-state index is -4.74. The fourth-order valence-electron chi connectivity index (χ4n) is 2.46. The molecule has 3 nitrogen and oxygen atoms in total. The van der Waals surface area contributed by atoms with Crippen LogP contribution in [0, 0.1) is 0 Å². The van der Waals surface area contributed by atoms with Crippen molar-refractivity contribution in [3.8, 4) is 5.75 Å². The molecule has 1 aromatic carbocycles. The number of piperazine rings is 1. The van der Waals surface area contributed by atoms with Crippen molar-refractivity contribution in [2.75, 3.05) is 26.2 Å². The van der Waals surface area contributed by atoms with E-state index in [1.165, 1.54) is 23.1 Å². The topological polar surface area (TPSA) is 24.5 Å². The first-order valence-corrected chi connectivity index (χ1v) is 6.99. The number of hydrogen-bond acceptors (Lipinski definition) is 3. The lowest BCUT2D eigenvalue weighted by Gasteiger charge is -2.35. The molecule has 1 N–H and O–H groups in total. The first-order valence-electron chi connectivity index (χ1n) is 6.99. The number of alkyl halides is 6. The molecular formula is C14H16F6N2O. The molecule has 0 bridgehead atoms. The maximum atomic E-state index is 13.5. The molecule has 1 saturated heterocycles. The number of hydrogen-bond donors (Lipinski definition) is 1. The highest BCUT2D eigenvalue weighted by Gasteiger charge is 2.45. The lowest BCUT2D eigenvalue weighted by molar-refractivity contribution is -0.253. The van der Waals surface area contributed by atoms with Gasteiger partial charge >= 0.3 is 12.5 Å². The summed E-state index contributed by atoms with van der Waals surface area (Å²) in [6, 6.07) is 3.32. The lowest BCUT2D eigenvalue weighted by atomic mass is 10.0. The van der Waals surface area contributed by atoms with Gasteiger partial charge in [0.1, 0.15) is 5.75 Å². The maximum Gasteiger partial charge on any atom is 0.461 e. The van der Waals surface area contributed by atoms with Crippen LogP contribution in [0.3, 0.4) is 0 Å². The zero-order valence-corrected chi connectivity index (χ0v) is 12.0. The first kappa shape index (κ1) is 17.9. The summed E-state index contributed by atoms with van der Waals surface area (Å²) in [6.45, 7) is 1.52. The Balaban J connectivity index is 2.32. The minimum absolute atomic E-state index is 0.232. The fourth-order valence-corrected chi connectivity index (χ4v) is 2.46. The smallest absolute Gasteiger partial charge is 0.428 e. The van der Waals surface area contributed by atoms with Gasteiger partial charge in [0.2, 0.25) is 0 Å². The van der Waals surface area contributed by atoms with E-state index in [0.29, 0.717) is 13.1 Å². The number of ether oxygens (including phenoxy) is 1. The van der Waals surface area contributed by atoms with Crippen molar-refractivity contribution in [3.63, 3.8) is 0 Å². The zero-order valence-electron chi connectivity index (χ0n) is 12.0. The maximum absolute atomic E-state index is 13.5. The van der Waals surface area contributed by atoms with Gasteiger partial charge in [0.25, 0.3) is 6.43 Å². The Morgan fingerprint density at radius 2 is 1.65 bits per heavy atom. The quantitative estimate of drug-likeness (QED) is 0.804. The first-order chi connectivity index (χ1) is 10.8. The average molecular weight is 342 g/mol. The number of nitrogens with one attached hydrogen (secondary N) is 1. The van der Waals surface area contributed by atoms with E-state index in [2.05, 4.69) is 10.1 Å². The summed E-state index contributed by atoms with van der Waals surface area (Å²) >= 11 is 0. The van der Waals surface area contributed by atoms with Gasteiger partial charge in [0, 0.05) is 31.7 Å². The van der Waals surface area contributed by atoms with Gasteiger partial charge in [-0.25, -0.2) is 8.78 Å². The second kappa shape index (κ2) is 7.39. The largest absolute Gasteiger partial charge is 0.461 e. The Labute approximate surface area is 129 Å². The van der Waals surface area contributed by atoms with Gasteiger partial charge in [0.05, 0.1) is 6.04 Å². The van der Waals surface area contributed by atoms with Crippen molar-refractivity contribution in [3.05, 3.63) is 29.8 Å². The van der Waals surface area contributed by atoms with Gasteiger partial charge in [-0.2, -0.15) is 17.6 Å². The molecule has 1 aliphatic rings. The standard InChI is InChI=1S/C14H16F6N2O/c15-12(16)11(22-7-5-21-6-8-22)9-3-1-2-4-10(9)23-14(19,20)13(17)18/h1-4,11-13,21H,5-8H2/t11-/m1/s1. The van der Waals surface area contributed by atoms with Crippen LogP contribution in [0.25, 0.3) is 0 Å². The summed E-state index contributed by atoms with van der Waals surface area (Å²) in [5, 5.41) is 2.99.